The molecule has 0 fully saturated rings. The van der Waals surface area contributed by atoms with E-state index in [9.17, 15) is 0 Å². The number of aromatic amines is 1. The summed E-state index contributed by atoms with van der Waals surface area (Å²) in [7, 11) is 0. The van der Waals surface area contributed by atoms with E-state index in [0.717, 1.165) is 0 Å². The van der Waals surface area contributed by atoms with Crippen LogP contribution in [0.1, 0.15) is 25.0 Å². The van der Waals surface area contributed by atoms with E-state index in [1.165, 1.54) is 87.2 Å². The molecule has 1 nitrogen and oxygen atoms in total. The Morgan fingerprint density at radius 1 is 0.639 bits per heavy atom. The summed E-state index contributed by atoms with van der Waals surface area (Å²) in [6, 6.07) is 27.3. The van der Waals surface area contributed by atoms with Gasteiger partial charge in [-0.3, -0.25) is 0 Å². The number of fused-ring (bicyclic) bond motifs is 9. The summed E-state index contributed by atoms with van der Waals surface area (Å²) in [5.41, 5.74) is 7.88. The zero-order chi connectivity index (χ0) is 23.8. The molecule has 166 valence electrons. The lowest BCUT2D eigenvalue weighted by atomic mass is 9.78. The van der Waals surface area contributed by atoms with Crippen LogP contribution in [0.15, 0.2) is 96.6 Å². The number of H-pyrrole nitrogens is 1. The standard InChI is InChI=1S/C35H22N/c1-35(2)27-15-5-3-9-21(27)33-23-13-7-11-19-20-12-8-14-24-32(20)26(25(31(19)23)17-28(33)35)18-30-34(24)22-10-4-6-16-29(22)36-30/h3-4,6-18,36H,1-2H3/q+1. The van der Waals surface area contributed by atoms with Crippen molar-refractivity contribution in [2.24, 2.45) is 0 Å². The summed E-state index contributed by atoms with van der Waals surface area (Å²) in [6.07, 6.45) is 9.84. The predicted octanol–water partition coefficient (Wildman–Crippen LogP) is 9.35. The topological polar surface area (TPSA) is 15.8 Å². The van der Waals surface area contributed by atoms with Crippen LogP contribution in [0.3, 0.4) is 0 Å². The van der Waals surface area contributed by atoms with E-state index in [0.29, 0.717) is 0 Å². The van der Waals surface area contributed by atoms with Crippen LogP contribution in [0.25, 0.3) is 70.5 Å². The van der Waals surface area contributed by atoms with E-state index in [2.05, 4.69) is 116 Å². The number of hydrogen-bond acceptors (Lipinski definition) is 0. The van der Waals surface area contributed by atoms with Gasteiger partial charge in [0.2, 0.25) is 0 Å². The minimum Gasteiger partial charge on any atom is -0.354 e. The maximum atomic E-state index is 3.72. The van der Waals surface area contributed by atoms with Crippen LogP contribution < -0.4 is 0 Å². The molecule has 0 atom stereocenters. The van der Waals surface area contributed by atoms with E-state index in [4.69, 9.17) is 0 Å². The van der Waals surface area contributed by atoms with Crippen molar-refractivity contribution < 1.29 is 0 Å². The Morgan fingerprint density at radius 3 is 2.19 bits per heavy atom. The maximum absolute atomic E-state index is 3.72. The summed E-state index contributed by atoms with van der Waals surface area (Å²) < 4.78 is 0. The fourth-order valence-corrected chi connectivity index (χ4v) is 7.28. The second-order valence-corrected chi connectivity index (χ2v) is 10.9. The first-order valence-electron chi connectivity index (χ1n) is 12.7. The molecule has 1 heteroatoms. The van der Waals surface area contributed by atoms with Crippen molar-refractivity contribution in [3.8, 4) is 0 Å². The molecule has 1 aromatic heterocycles. The molecule has 0 amide bonds. The lowest BCUT2D eigenvalue weighted by Crippen LogP contribution is -2.16. The Kier molecular flexibility index (Phi) is 3.15. The number of rotatable bonds is 0. The molecule has 0 saturated carbocycles. The number of aromatic nitrogens is 1. The Balaban J connectivity index is 1.58. The molecule has 1 heterocycles. The molecule has 1 N–H and O–H groups in total. The van der Waals surface area contributed by atoms with E-state index >= 15 is 0 Å². The first kappa shape index (κ1) is 18.8. The highest BCUT2D eigenvalue weighted by Gasteiger charge is 2.43. The molecule has 9 rings (SSSR count). The van der Waals surface area contributed by atoms with Gasteiger partial charge < -0.3 is 4.98 Å². The second-order valence-electron chi connectivity index (χ2n) is 10.9. The van der Waals surface area contributed by atoms with Gasteiger partial charge in [0.25, 0.3) is 0 Å². The molecule has 0 saturated heterocycles. The largest absolute Gasteiger partial charge is 0.354 e. The van der Waals surface area contributed by atoms with E-state index < -0.39 is 0 Å². The number of nitrogens with one attached hydrogen (secondary N) is 1. The van der Waals surface area contributed by atoms with Crippen molar-refractivity contribution >= 4 is 70.5 Å². The quantitative estimate of drug-likeness (QED) is 0.133. The molecule has 0 radical (unpaired) electrons. The molecule has 0 aliphatic heterocycles. The third-order valence-electron chi connectivity index (χ3n) is 8.85. The van der Waals surface area contributed by atoms with E-state index in [1.54, 1.807) is 0 Å². The molecule has 0 spiro atoms. The van der Waals surface area contributed by atoms with Gasteiger partial charge in [-0.15, -0.1) is 0 Å². The normalized spacial score (nSPS) is 16.3. The van der Waals surface area contributed by atoms with Crippen molar-refractivity contribution in [2.45, 2.75) is 19.3 Å². The Morgan fingerprint density at radius 2 is 1.33 bits per heavy atom. The van der Waals surface area contributed by atoms with Gasteiger partial charge in [-0.2, -0.15) is 0 Å². The van der Waals surface area contributed by atoms with E-state index in [-0.39, 0.29) is 5.41 Å². The predicted molar refractivity (Wildman–Crippen MR) is 154 cm³/mol. The molecular formula is C35H22N+. The fraction of sp³-hybridized carbons (Fsp3) is 0.0857. The van der Waals surface area contributed by atoms with Crippen LogP contribution in [-0.4, -0.2) is 4.98 Å². The van der Waals surface area contributed by atoms with Crippen LogP contribution in [0.2, 0.25) is 0 Å². The highest BCUT2D eigenvalue weighted by atomic mass is 14.7. The average Bonchev–Trinajstić information content (AvgIpc) is 3.39. The SMILES string of the molecule is CC1(C)C2=C(C=C[C+]=C2)c2c1cc1c3cc4[nH]c5ccccc5c4c4cccc(c5cccc2c51)c34. The fourth-order valence-electron chi connectivity index (χ4n) is 7.28. The van der Waals surface area contributed by atoms with E-state index in [1.807, 2.05) is 0 Å². The lowest BCUT2D eigenvalue weighted by Gasteiger charge is -2.22. The summed E-state index contributed by atoms with van der Waals surface area (Å²) in [5.74, 6) is 0. The average molecular weight is 457 g/mol. The molecule has 2 aliphatic rings. The van der Waals surface area contributed by atoms with Crippen molar-refractivity contribution in [1.82, 2.24) is 4.98 Å². The van der Waals surface area contributed by atoms with Crippen molar-refractivity contribution in [3.05, 3.63) is 114 Å². The molecule has 0 bridgehead atoms. The zero-order valence-corrected chi connectivity index (χ0v) is 20.2. The Bertz CT molecular complexity index is 2210. The number of hydrogen-bond donors (Lipinski definition) is 1. The van der Waals surface area contributed by atoms with Crippen molar-refractivity contribution in [2.75, 3.05) is 0 Å². The second kappa shape index (κ2) is 6.02. The van der Waals surface area contributed by atoms with Gasteiger partial charge in [-0.1, -0.05) is 54.6 Å². The van der Waals surface area contributed by atoms with Crippen LogP contribution >= 0.6 is 0 Å². The highest BCUT2D eigenvalue weighted by Crippen LogP contribution is 2.54. The third-order valence-corrected chi connectivity index (χ3v) is 8.85. The molecule has 7 aromatic rings. The van der Waals surface area contributed by atoms with Gasteiger partial charge in [-0.05, 0) is 80.7 Å². The van der Waals surface area contributed by atoms with Gasteiger partial charge in [-0.25, -0.2) is 0 Å². The minimum atomic E-state index is -0.0651. The molecule has 6 aromatic carbocycles. The Hall–Kier alpha value is -4.45. The lowest BCUT2D eigenvalue weighted by molar-refractivity contribution is 0.655. The van der Waals surface area contributed by atoms with Crippen molar-refractivity contribution in [3.63, 3.8) is 0 Å². The minimum absolute atomic E-state index is 0.0651. The van der Waals surface area contributed by atoms with Gasteiger partial charge in [0.15, 0.2) is 0 Å². The molecule has 2 aliphatic carbocycles. The summed E-state index contributed by atoms with van der Waals surface area (Å²) in [6.45, 7) is 4.72. The van der Waals surface area contributed by atoms with Gasteiger partial charge in [0.1, 0.15) is 12.2 Å². The summed E-state index contributed by atoms with van der Waals surface area (Å²) in [5, 5.41) is 13.4. The maximum Gasteiger partial charge on any atom is 0.107 e. The Labute approximate surface area is 208 Å². The van der Waals surface area contributed by atoms with Gasteiger partial charge in [0.05, 0.1) is 22.6 Å². The first-order chi connectivity index (χ1) is 17.6. The zero-order valence-electron chi connectivity index (χ0n) is 20.2. The first-order valence-corrected chi connectivity index (χ1v) is 12.7. The van der Waals surface area contributed by atoms with Gasteiger partial charge in [0, 0.05) is 33.4 Å². The monoisotopic (exact) mass is 456 g/mol. The number of para-hydroxylation sites is 1. The van der Waals surface area contributed by atoms with Crippen LogP contribution in [0.4, 0.5) is 0 Å². The van der Waals surface area contributed by atoms with Crippen LogP contribution in [0, 0.1) is 6.08 Å². The highest BCUT2D eigenvalue weighted by molar-refractivity contribution is 6.38. The number of allylic oxidation sites excluding steroid dienone is 6. The molecular weight excluding hydrogens is 434 g/mol. The van der Waals surface area contributed by atoms with Crippen LogP contribution in [-0.2, 0) is 5.41 Å². The third kappa shape index (κ3) is 2.01. The molecule has 0 unspecified atom stereocenters. The van der Waals surface area contributed by atoms with Crippen LogP contribution in [0.5, 0.6) is 0 Å². The van der Waals surface area contributed by atoms with Gasteiger partial charge >= 0.3 is 0 Å². The summed E-state index contributed by atoms with van der Waals surface area (Å²) >= 11 is 0. The van der Waals surface area contributed by atoms with Crippen molar-refractivity contribution in [1.29, 1.82) is 0 Å². The molecule has 36 heavy (non-hydrogen) atoms. The number of benzene rings is 6. The summed E-state index contributed by atoms with van der Waals surface area (Å²) in [4.78, 5) is 3.72. The smallest absolute Gasteiger partial charge is 0.107 e.